The lowest BCUT2D eigenvalue weighted by atomic mass is 9.97. The summed E-state index contributed by atoms with van der Waals surface area (Å²) >= 11 is 7.10. The molecule has 0 spiro atoms. The van der Waals surface area contributed by atoms with Crippen LogP contribution < -0.4 is 10.6 Å². The molecule has 35 heavy (non-hydrogen) atoms. The number of amides is 1. The van der Waals surface area contributed by atoms with Gasteiger partial charge in [0.15, 0.2) is 11.2 Å². The third kappa shape index (κ3) is 4.91. The summed E-state index contributed by atoms with van der Waals surface area (Å²) in [4.78, 5) is 26.0. The van der Waals surface area contributed by atoms with Crippen molar-refractivity contribution in [3.8, 4) is 0 Å². The SMILES string of the molecule is C=CC(Nc1onc(C)c1Cl)S(=O)(=O)c1ccsc1C(=O)Nc1cc(C)cc(C)c1C(=O)C1CC1. The predicted molar refractivity (Wildman–Crippen MR) is 136 cm³/mol. The molecule has 1 aliphatic rings. The van der Waals surface area contributed by atoms with E-state index in [1.165, 1.54) is 17.5 Å². The Hall–Kier alpha value is -2.95. The molecule has 8 nitrogen and oxygen atoms in total. The molecule has 4 rings (SSSR count). The molecule has 0 saturated heterocycles. The highest BCUT2D eigenvalue weighted by molar-refractivity contribution is 7.92. The van der Waals surface area contributed by atoms with Crippen LogP contribution in [0.15, 0.2) is 45.7 Å². The number of aryl methyl sites for hydroxylation is 3. The van der Waals surface area contributed by atoms with E-state index in [1.807, 2.05) is 19.9 Å². The molecule has 1 saturated carbocycles. The maximum atomic E-state index is 13.4. The zero-order chi connectivity index (χ0) is 25.5. The van der Waals surface area contributed by atoms with E-state index in [1.54, 1.807) is 13.0 Å². The lowest BCUT2D eigenvalue weighted by Gasteiger charge is -2.17. The molecule has 0 radical (unpaired) electrons. The quantitative estimate of drug-likeness (QED) is 0.273. The van der Waals surface area contributed by atoms with E-state index in [-0.39, 0.29) is 32.4 Å². The van der Waals surface area contributed by atoms with Gasteiger partial charge in [-0.1, -0.05) is 35.5 Å². The van der Waals surface area contributed by atoms with Crippen LogP contribution in [-0.4, -0.2) is 30.6 Å². The molecule has 184 valence electrons. The Morgan fingerprint density at radius 2 is 2.00 bits per heavy atom. The minimum Gasteiger partial charge on any atom is -0.337 e. The molecule has 1 amide bonds. The van der Waals surface area contributed by atoms with E-state index in [4.69, 9.17) is 16.1 Å². The summed E-state index contributed by atoms with van der Waals surface area (Å²) in [5, 5.41) is 9.51. The second-order valence-electron chi connectivity index (χ2n) is 8.47. The van der Waals surface area contributed by atoms with Gasteiger partial charge in [-0.2, -0.15) is 0 Å². The van der Waals surface area contributed by atoms with Gasteiger partial charge in [0.1, 0.15) is 15.6 Å². The number of benzene rings is 1. The van der Waals surface area contributed by atoms with Crippen molar-refractivity contribution in [2.45, 2.75) is 43.9 Å². The van der Waals surface area contributed by atoms with Crippen molar-refractivity contribution < 1.29 is 22.5 Å². The van der Waals surface area contributed by atoms with Gasteiger partial charge in [0.2, 0.25) is 15.7 Å². The maximum absolute atomic E-state index is 13.4. The van der Waals surface area contributed by atoms with Gasteiger partial charge in [-0.25, -0.2) is 8.42 Å². The number of anilines is 2. The topological polar surface area (TPSA) is 118 Å². The van der Waals surface area contributed by atoms with Gasteiger partial charge in [-0.3, -0.25) is 9.59 Å². The summed E-state index contributed by atoms with van der Waals surface area (Å²) < 4.78 is 31.9. The van der Waals surface area contributed by atoms with Crippen LogP contribution in [0.1, 0.15) is 49.7 Å². The average Bonchev–Trinajstić information content (AvgIpc) is 3.43. The fraction of sp³-hybridized carbons (Fsp3) is 0.292. The summed E-state index contributed by atoms with van der Waals surface area (Å²) in [7, 11) is -4.12. The van der Waals surface area contributed by atoms with E-state index in [9.17, 15) is 18.0 Å². The molecule has 11 heteroatoms. The number of sulfone groups is 1. The van der Waals surface area contributed by atoms with Gasteiger partial charge >= 0.3 is 0 Å². The van der Waals surface area contributed by atoms with Crippen molar-refractivity contribution in [3.63, 3.8) is 0 Å². The Balaban J connectivity index is 1.65. The van der Waals surface area contributed by atoms with Gasteiger partial charge in [-0.15, -0.1) is 11.3 Å². The largest absolute Gasteiger partial charge is 0.337 e. The summed E-state index contributed by atoms with van der Waals surface area (Å²) in [5.41, 5.74) is 2.89. The highest BCUT2D eigenvalue weighted by Gasteiger charge is 2.35. The second kappa shape index (κ2) is 9.60. The third-order valence-corrected chi connectivity index (χ3v) is 9.10. The van der Waals surface area contributed by atoms with Crippen LogP contribution >= 0.6 is 22.9 Å². The van der Waals surface area contributed by atoms with Crippen LogP contribution in [0.25, 0.3) is 0 Å². The Morgan fingerprint density at radius 1 is 1.29 bits per heavy atom. The molecule has 2 aromatic heterocycles. The smallest absolute Gasteiger partial charge is 0.267 e. The summed E-state index contributed by atoms with van der Waals surface area (Å²) in [5.74, 6) is -0.676. The number of carbonyl (C=O) groups excluding carboxylic acids is 2. The van der Waals surface area contributed by atoms with Gasteiger partial charge in [0.25, 0.3) is 5.91 Å². The molecule has 0 aliphatic heterocycles. The number of hydrogen-bond donors (Lipinski definition) is 2. The Labute approximate surface area is 212 Å². The van der Waals surface area contributed by atoms with Crippen LogP contribution in [0.3, 0.4) is 0 Å². The highest BCUT2D eigenvalue weighted by Crippen LogP contribution is 2.37. The zero-order valence-electron chi connectivity index (χ0n) is 19.3. The first-order valence-electron chi connectivity index (χ1n) is 10.8. The van der Waals surface area contributed by atoms with Crippen molar-refractivity contribution >= 4 is 56.0 Å². The molecule has 2 N–H and O–H groups in total. The standard InChI is InChI=1S/C24H24ClN3O5S2/c1-5-18(27-24-20(25)14(4)28-33-24)35(31,32)17-8-9-34-22(17)23(30)26-16-11-12(2)10-13(3)19(16)21(29)15-6-7-15/h5,8-11,15,18,27H,1,6-7H2,2-4H3,(H,26,30). The van der Waals surface area contributed by atoms with Gasteiger partial charge in [0, 0.05) is 11.5 Å². The number of ketones is 1. The molecular formula is C24H24ClN3O5S2. The number of rotatable bonds is 9. The van der Waals surface area contributed by atoms with Crippen LogP contribution in [0.2, 0.25) is 5.02 Å². The van der Waals surface area contributed by atoms with Crippen LogP contribution in [0.5, 0.6) is 0 Å². The maximum Gasteiger partial charge on any atom is 0.267 e. The Bertz CT molecular complexity index is 1440. The van der Waals surface area contributed by atoms with E-state index >= 15 is 0 Å². The number of nitrogens with one attached hydrogen (secondary N) is 2. The van der Waals surface area contributed by atoms with Crippen LogP contribution in [0, 0.1) is 26.7 Å². The molecule has 1 unspecified atom stereocenters. The van der Waals surface area contributed by atoms with Crippen molar-refractivity contribution in [1.82, 2.24) is 5.16 Å². The number of thiophene rings is 1. The second-order valence-corrected chi connectivity index (χ2v) is 11.8. The predicted octanol–water partition coefficient (Wildman–Crippen LogP) is 5.56. The molecule has 1 aromatic carbocycles. The average molecular weight is 534 g/mol. The number of aromatic nitrogens is 1. The molecule has 1 aliphatic carbocycles. The van der Waals surface area contributed by atoms with Crippen molar-refractivity contribution in [2.75, 3.05) is 10.6 Å². The fourth-order valence-corrected chi connectivity index (χ4v) is 6.57. The molecule has 1 atom stereocenters. The van der Waals surface area contributed by atoms with Gasteiger partial charge < -0.3 is 15.2 Å². The normalized spacial score (nSPS) is 14.4. The van der Waals surface area contributed by atoms with E-state index in [0.717, 1.165) is 35.3 Å². The first-order valence-corrected chi connectivity index (χ1v) is 13.6. The van der Waals surface area contributed by atoms with E-state index in [0.29, 0.717) is 16.9 Å². The first-order chi connectivity index (χ1) is 16.5. The van der Waals surface area contributed by atoms with Crippen LogP contribution in [0.4, 0.5) is 11.6 Å². The lowest BCUT2D eigenvalue weighted by Crippen LogP contribution is -2.29. The van der Waals surface area contributed by atoms with Crippen LogP contribution in [-0.2, 0) is 9.84 Å². The highest BCUT2D eigenvalue weighted by atomic mass is 35.5. The third-order valence-electron chi connectivity index (χ3n) is 5.68. The Kier molecular flexibility index (Phi) is 6.90. The van der Waals surface area contributed by atoms with Gasteiger partial charge in [-0.05, 0) is 62.3 Å². The fourth-order valence-electron chi connectivity index (χ4n) is 3.79. The molecular weight excluding hydrogens is 510 g/mol. The number of nitrogens with zero attached hydrogens (tertiary/aromatic N) is 1. The number of Topliss-reactive ketones (excluding diaryl/α,β-unsaturated/α-hetero) is 1. The zero-order valence-corrected chi connectivity index (χ0v) is 21.7. The number of halogens is 1. The summed E-state index contributed by atoms with van der Waals surface area (Å²) in [6.07, 6.45) is 2.84. The Morgan fingerprint density at radius 3 is 2.60 bits per heavy atom. The van der Waals surface area contributed by atoms with Crippen molar-refractivity contribution in [3.05, 3.63) is 68.5 Å². The number of carbonyl (C=O) groups is 2. The summed E-state index contributed by atoms with van der Waals surface area (Å²) in [6.45, 7) is 8.92. The van der Waals surface area contributed by atoms with Crippen molar-refractivity contribution in [2.24, 2.45) is 5.92 Å². The van der Waals surface area contributed by atoms with E-state index in [2.05, 4.69) is 22.4 Å². The minimum atomic E-state index is -4.12. The molecule has 2 heterocycles. The van der Waals surface area contributed by atoms with Crippen molar-refractivity contribution in [1.29, 1.82) is 0 Å². The lowest BCUT2D eigenvalue weighted by molar-refractivity contribution is 0.0968. The molecule has 3 aromatic rings. The summed E-state index contributed by atoms with van der Waals surface area (Å²) in [6, 6.07) is 4.98. The molecule has 1 fully saturated rings. The van der Waals surface area contributed by atoms with Gasteiger partial charge in [0.05, 0.1) is 10.6 Å². The minimum absolute atomic E-state index is 0.00743. The molecule has 0 bridgehead atoms. The monoisotopic (exact) mass is 533 g/mol. The van der Waals surface area contributed by atoms with E-state index < -0.39 is 21.1 Å². The first kappa shape index (κ1) is 25.2. The number of hydrogen-bond acceptors (Lipinski definition) is 8.